The number of hydrazone groups is 1. The number of pyridine rings is 1. The number of para-hydroxylation sites is 1. The molecular weight excluding hydrogens is 416 g/mol. The predicted octanol–water partition coefficient (Wildman–Crippen LogP) is 0.0142. The smallest absolute Gasteiger partial charge is 0.228 e. The Bertz CT molecular complexity index is 1310. The van der Waals surface area contributed by atoms with E-state index in [9.17, 15) is 15.3 Å². The highest BCUT2D eigenvalue weighted by atomic mass is 16.6. The Morgan fingerprint density at radius 2 is 1.97 bits per heavy atom. The van der Waals surface area contributed by atoms with Gasteiger partial charge in [-0.25, -0.2) is 25.4 Å². The molecule has 32 heavy (non-hydrogen) atoms. The maximum atomic E-state index is 10.5. The number of rotatable bonds is 5. The molecule has 0 amide bonds. The van der Waals surface area contributed by atoms with E-state index in [2.05, 4.69) is 30.5 Å². The van der Waals surface area contributed by atoms with Gasteiger partial charge in [0.15, 0.2) is 23.2 Å². The fourth-order valence-corrected chi connectivity index (χ4v) is 3.65. The zero-order chi connectivity index (χ0) is 22.2. The number of aliphatic hydroxyl groups excluding tert-OH is 3. The Kier molecular flexibility index (Phi) is 5.11. The summed E-state index contributed by atoms with van der Waals surface area (Å²) >= 11 is 0. The number of nitrogen functional groups attached to an aromatic ring is 1. The number of aliphatic hydroxyl groups is 3. The molecular formula is C20H20N8O4. The lowest BCUT2D eigenvalue weighted by Crippen LogP contribution is -2.33. The van der Waals surface area contributed by atoms with E-state index < -0.39 is 31.1 Å². The van der Waals surface area contributed by atoms with E-state index in [0.717, 1.165) is 10.9 Å². The van der Waals surface area contributed by atoms with Crippen LogP contribution in [0.15, 0.2) is 47.8 Å². The third-order valence-corrected chi connectivity index (χ3v) is 5.26. The first-order valence-corrected chi connectivity index (χ1v) is 9.82. The molecule has 0 saturated carbocycles. The second kappa shape index (κ2) is 8.09. The Morgan fingerprint density at radius 3 is 2.78 bits per heavy atom. The molecule has 0 radical (unpaired) electrons. The van der Waals surface area contributed by atoms with Crippen molar-refractivity contribution in [3.8, 4) is 0 Å². The molecule has 164 valence electrons. The third-order valence-electron chi connectivity index (χ3n) is 5.26. The van der Waals surface area contributed by atoms with Gasteiger partial charge in [-0.3, -0.25) is 4.57 Å². The van der Waals surface area contributed by atoms with Crippen LogP contribution in [-0.4, -0.2) is 71.0 Å². The van der Waals surface area contributed by atoms with Crippen molar-refractivity contribution in [1.82, 2.24) is 24.5 Å². The molecule has 12 heteroatoms. The lowest BCUT2D eigenvalue weighted by Gasteiger charge is -2.18. The van der Waals surface area contributed by atoms with E-state index in [0.29, 0.717) is 5.69 Å². The van der Waals surface area contributed by atoms with Crippen molar-refractivity contribution in [2.24, 2.45) is 5.10 Å². The molecule has 0 aliphatic carbocycles. The monoisotopic (exact) mass is 436 g/mol. The van der Waals surface area contributed by atoms with Crippen LogP contribution < -0.4 is 11.2 Å². The number of imidazole rings is 1. The Morgan fingerprint density at radius 1 is 1.12 bits per heavy atom. The Hall–Kier alpha value is -3.71. The number of hydrogen-bond acceptors (Lipinski definition) is 11. The van der Waals surface area contributed by atoms with E-state index in [1.54, 1.807) is 0 Å². The minimum absolute atomic E-state index is 0.128. The van der Waals surface area contributed by atoms with Gasteiger partial charge in [0.2, 0.25) is 5.95 Å². The molecule has 1 fully saturated rings. The standard InChI is InChI=1S/C20H20N8O4/c21-17-14-18(23-9-22-17)28(19-16(31)15(30)13(8-29)32-19)20(26-14)27-24-7-11-6-5-10-3-1-2-4-12(10)25-11/h1-7,9,13,15-16,19,29-31H,8H2,(H,26,27)(H2,21,22,23). The first kappa shape index (κ1) is 20.2. The number of anilines is 2. The first-order chi connectivity index (χ1) is 15.6. The maximum Gasteiger partial charge on any atom is 0.228 e. The lowest BCUT2D eigenvalue weighted by molar-refractivity contribution is -0.0501. The van der Waals surface area contributed by atoms with E-state index in [4.69, 9.17) is 10.5 Å². The van der Waals surface area contributed by atoms with Gasteiger partial charge in [-0.15, -0.1) is 0 Å². The fourth-order valence-electron chi connectivity index (χ4n) is 3.65. The SMILES string of the molecule is Nc1ncnc2c1nc(NN=Cc1ccc3ccccc3n1)n2C1OC(CO)C(O)C1O. The molecule has 6 N–H and O–H groups in total. The topological polar surface area (TPSA) is 177 Å². The second-order valence-corrected chi connectivity index (χ2v) is 7.26. The largest absolute Gasteiger partial charge is 0.394 e. The van der Waals surface area contributed by atoms with Crippen LogP contribution in [0.5, 0.6) is 0 Å². The summed E-state index contributed by atoms with van der Waals surface area (Å²) < 4.78 is 7.07. The molecule has 0 bridgehead atoms. The molecule has 4 aromatic rings. The van der Waals surface area contributed by atoms with Crippen LogP contribution in [0.4, 0.5) is 11.8 Å². The number of ether oxygens (including phenoxy) is 1. The van der Waals surface area contributed by atoms with Crippen LogP contribution >= 0.6 is 0 Å². The van der Waals surface area contributed by atoms with Crippen molar-refractivity contribution in [2.45, 2.75) is 24.5 Å². The van der Waals surface area contributed by atoms with Crippen molar-refractivity contribution in [2.75, 3.05) is 17.8 Å². The van der Waals surface area contributed by atoms with Crippen LogP contribution in [0, 0.1) is 0 Å². The predicted molar refractivity (Wildman–Crippen MR) is 116 cm³/mol. The van der Waals surface area contributed by atoms with Crippen molar-refractivity contribution in [3.05, 3.63) is 48.4 Å². The van der Waals surface area contributed by atoms with Gasteiger partial charge >= 0.3 is 0 Å². The quantitative estimate of drug-likeness (QED) is 0.212. The summed E-state index contributed by atoms with van der Waals surface area (Å²) in [6, 6.07) is 11.5. The van der Waals surface area contributed by atoms with Crippen molar-refractivity contribution >= 4 is 40.0 Å². The van der Waals surface area contributed by atoms with Crippen LogP contribution in [0.2, 0.25) is 0 Å². The van der Waals surface area contributed by atoms with Crippen LogP contribution in [0.3, 0.4) is 0 Å². The molecule has 3 aromatic heterocycles. The summed E-state index contributed by atoms with van der Waals surface area (Å²) in [7, 11) is 0. The van der Waals surface area contributed by atoms with E-state index in [-0.39, 0.29) is 22.9 Å². The maximum absolute atomic E-state index is 10.5. The molecule has 1 aliphatic rings. The fraction of sp³-hybridized carbons (Fsp3) is 0.250. The Balaban J connectivity index is 1.50. The van der Waals surface area contributed by atoms with Gasteiger partial charge in [-0.1, -0.05) is 24.3 Å². The molecule has 12 nitrogen and oxygen atoms in total. The summed E-state index contributed by atoms with van der Waals surface area (Å²) in [5.41, 5.74) is 10.7. The van der Waals surface area contributed by atoms with E-state index >= 15 is 0 Å². The summed E-state index contributed by atoms with van der Waals surface area (Å²) in [4.78, 5) is 17.0. The highest BCUT2D eigenvalue weighted by molar-refractivity contribution is 5.86. The number of nitrogens with one attached hydrogen (secondary N) is 1. The van der Waals surface area contributed by atoms with E-state index in [1.807, 2.05) is 36.4 Å². The average molecular weight is 436 g/mol. The summed E-state index contributed by atoms with van der Waals surface area (Å²) in [5, 5.41) is 35.3. The van der Waals surface area contributed by atoms with Gasteiger partial charge in [0, 0.05) is 5.39 Å². The molecule has 5 rings (SSSR count). The molecule has 4 atom stereocenters. The number of hydrogen-bond donors (Lipinski definition) is 5. The zero-order valence-electron chi connectivity index (χ0n) is 16.6. The Labute approximate surface area is 181 Å². The molecule has 1 aromatic carbocycles. The summed E-state index contributed by atoms with van der Waals surface area (Å²) in [6.45, 7) is -0.465. The number of aromatic nitrogens is 5. The van der Waals surface area contributed by atoms with Gasteiger partial charge in [-0.05, 0) is 12.1 Å². The average Bonchev–Trinajstić information content (AvgIpc) is 3.31. The van der Waals surface area contributed by atoms with Crippen LogP contribution in [-0.2, 0) is 4.74 Å². The molecule has 4 unspecified atom stereocenters. The molecule has 1 saturated heterocycles. The number of benzene rings is 1. The second-order valence-electron chi connectivity index (χ2n) is 7.26. The van der Waals surface area contributed by atoms with Crippen molar-refractivity contribution < 1.29 is 20.1 Å². The van der Waals surface area contributed by atoms with Crippen LogP contribution in [0.25, 0.3) is 22.1 Å². The zero-order valence-corrected chi connectivity index (χ0v) is 16.6. The van der Waals surface area contributed by atoms with Gasteiger partial charge in [-0.2, -0.15) is 5.10 Å². The van der Waals surface area contributed by atoms with Gasteiger partial charge < -0.3 is 25.8 Å². The minimum atomic E-state index is -1.34. The van der Waals surface area contributed by atoms with Crippen molar-refractivity contribution in [1.29, 1.82) is 0 Å². The molecule has 4 heterocycles. The number of nitrogens with two attached hydrogens (primary N) is 1. The first-order valence-electron chi connectivity index (χ1n) is 9.82. The summed E-state index contributed by atoms with van der Waals surface area (Å²) in [6.07, 6.45) is -1.92. The molecule has 1 aliphatic heterocycles. The third kappa shape index (κ3) is 3.40. The molecule has 0 spiro atoms. The number of fused-ring (bicyclic) bond motifs is 2. The highest BCUT2D eigenvalue weighted by Crippen LogP contribution is 2.35. The highest BCUT2D eigenvalue weighted by Gasteiger charge is 2.45. The minimum Gasteiger partial charge on any atom is -0.394 e. The van der Waals surface area contributed by atoms with Gasteiger partial charge in [0.25, 0.3) is 0 Å². The van der Waals surface area contributed by atoms with Crippen molar-refractivity contribution in [3.63, 3.8) is 0 Å². The number of nitrogens with zero attached hydrogens (tertiary/aromatic N) is 6. The lowest BCUT2D eigenvalue weighted by atomic mass is 10.1. The van der Waals surface area contributed by atoms with Gasteiger partial charge in [0.05, 0.1) is 24.0 Å². The van der Waals surface area contributed by atoms with Crippen LogP contribution in [0.1, 0.15) is 11.9 Å². The normalized spacial score (nSPS) is 23.5. The summed E-state index contributed by atoms with van der Waals surface area (Å²) in [5.74, 6) is 0.280. The van der Waals surface area contributed by atoms with Gasteiger partial charge in [0.1, 0.15) is 24.6 Å². The van der Waals surface area contributed by atoms with E-state index in [1.165, 1.54) is 17.1 Å².